The van der Waals surface area contributed by atoms with E-state index in [1.165, 1.54) is 0 Å². The van der Waals surface area contributed by atoms with E-state index in [9.17, 15) is 0 Å². The van der Waals surface area contributed by atoms with Gasteiger partial charge >= 0.3 is 591 Å². The van der Waals surface area contributed by atoms with Crippen molar-refractivity contribution < 1.29 is 55.3 Å². The average molecular weight is 1930 g/mol. The van der Waals surface area contributed by atoms with Gasteiger partial charge < -0.3 is 0 Å². The summed E-state index contributed by atoms with van der Waals surface area (Å²) in [6, 6.07) is 0. The summed E-state index contributed by atoms with van der Waals surface area (Å²) in [4.78, 5) is 0. The molecule has 0 aliphatic carbocycles. The van der Waals surface area contributed by atoms with Crippen LogP contribution in [-0.4, -0.2) is 231 Å². The second-order valence-electron chi connectivity index (χ2n) is 26.9. The summed E-state index contributed by atoms with van der Waals surface area (Å²) < 4.78 is 117. The first-order valence-electron chi connectivity index (χ1n) is 35.1. The molecule has 0 rings (SSSR count). The molecule has 0 heterocycles. The van der Waals surface area contributed by atoms with Crippen LogP contribution in [-0.2, 0) is 55.3 Å². The Hall–Kier alpha value is 4.07. The van der Waals surface area contributed by atoms with E-state index in [0.29, 0.717) is 47.5 Å². The molecule has 0 N–H and O–H groups in total. The van der Waals surface area contributed by atoms with Gasteiger partial charge in [0.25, 0.3) is 0 Å². The molecule has 0 aromatic carbocycles. The van der Waals surface area contributed by atoms with Crippen LogP contribution < -0.4 is 0 Å². The molecule has 5 unspecified atom stereocenters. The van der Waals surface area contributed by atoms with Crippen LogP contribution >= 0.6 is 0 Å². The molecule has 0 bridgehead atoms. The van der Waals surface area contributed by atoms with Crippen molar-refractivity contribution >= 4 is 118 Å². The molecule has 0 saturated carbocycles. The summed E-state index contributed by atoms with van der Waals surface area (Å²) in [6.45, 7) is 76.6. The van der Waals surface area contributed by atoms with E-state index in [0.717, 1.165) is 43.0 Å². The van der Waals surface area contributed by atoms with Crippen LogP contribution in [0.1, 0.15) is 281 Å². The third-order valence-corrected chi connectivity index (χ3v) is 76.7. The van der Waals surface area contributed by atoms with E-state index in [1.54, 1.807) is 0 Å². The Bertz CT molecular complexity index is 1470. The summed E-state index contributed by atoms with van der Waals surface area (Å²) in [5.74, 6) is 0. The van der Waals surface area contributed by atoms with Gasteiger partial charge in [-0.25, -0.2) is 0 Å². The van der Waals surface area contributed by atoms with Crippen molar-refractivity contribution in [3.05, 3.63) is 0 Å². The topological polar surface area (TPSA) is 166 Å². The summed E-state index contributed by atoms with van der Waals surface area (Å²) in [6.07, 6.45) is 6.62. The maximum atomic E-state index is 6.52. The number of hydrogen-bond acceptors (Lipinski definition) is 18. The molecule has 0 aliphatic rings. The Morgan fingerprint density at radius 3 is 0.483 bits per heavy atom. The monoisotopic (exact) mass is 1940 g/mol. The van der Waals surface area contributed by atoms with Crippen LogP contribution in [0.5, 0.6) is 0 Å². The van der Waals surface area contributed by atoms with Crippen molar-refractivity contribution in [1.29, 1.82) is 0 Å². The first kappa shape index (κ1) is 97.3. The zero-order chi connectivity index (χ0) is 69.7. The van der Waals surface area contributed by atoms with Crippen LogP contribution in [0, 0.1) is 0 Å². The molecule has 0 spiro atoms. The molecule has 0 fully saturated rings. The Morgan fingerprint density at radius 1 is 0.191 bits per heavy atom. The molecule has 18 nitrogen and oxygen atoms in total. The number of hydrogen-bond donors (Lipinski definition) is 0. The fourth-order valence-electron chi connectivity index (χ4n) is 10.4. The van der Waals surface area contributed by atoms with Gasteiger partial charge in [0.1, 0.15) is 0 Å². The molecule has 0 saturated heterocycles. The second-order valence-corrected chi connectivity index (χ2v) is 76.5. The Balaban J connectivity index is -0.00000125. The van der Waals surface area contributed by atoms with Gasteiger partial charge in [0.15, 0.2) is 0 Å². The summed E-state index contributed by atoms with van der Waals surface area (Å²) >= 11 is -22.3. The second kappa shape index (κ2) is 51.2. The van der Waals surface area contributed by atoms with Gasteiger partial charge in [-0.15, -0.1) is 0 Å². The maximum absolute atomic E-state index is 6.52. The van der Waals surface area contributed by atoms with Crippen LogP contribution in [0.4, 0.5) is 0 Å². The molecule has 0 aromatic rings. The van der Waals surface area contributed by atoms with Crippen molar-refractivity contribution in [3.63, 3.8) is 0 Å². The predicted molar refractivity (Wildman–Crippen MR) is 379 cm³/mol. The van der Waals surface area contributed by atoms with Crippen molar-refractivity contribution in [2.24, 2.45) is 0 Å². The summed E-state index contributed by atoms with van der Waals surface area (Å²) in [7, 11) is 0. The third kappa shape index (κ3) is 40.9. The van der Waals surface area contributed by atoms with E-state index >= 15 is 0 Å². The van der Waals surface area contributed by atoms with Gasteiger partial charge in [-0.3, -0.25) is 0 Å². The van der Waals surface area contributed by atoms with Crippen molar-refractivity contribution in [2.75, 3.05) is 39.6 Å². The average Bonchev–Trinajstić information content (AvgIpc) is 1.82. The molecule has 24 heteroatoms. The number of rotatable bonds is 51. The van der Waals surface area contributed by atoms with Gasteiger partial charge in [0.2, 0.25) is 0 Å². The molecule has 540 valence electrons. The van der Waals surface area contributed by atoms with Gasteiger partial charge in [0, 0.05) is 0 Å². The van der Waals surface area contributed by atoms with Crippen LogP contribution in [0.2, 0.25) is 24.1 Å². The first-order valence-corrected chi connectivity index (χ1v) is 66.3. The van der Waals surface area contributed by atoms with Gasteiger partial charge in [-0.2, -0.15) is 0 Å². The van der Waals surface area contributed by atoms with Crippen molar-refractivity contribution in [1.82, 2.24) is 0 Å². The van der Waals surface area contributed by atoms with Crippen molar-refractivity contribution in [2.45, 2.75) is 378 Å². The van der Waals surface area contributed by atoms with Crippen LogP contribution in [0.25, 0.3) is 0 Å². The summed E-state index contributed by atoms with van der Waals surface area (Å²) in [5, 5.41) is 0. The quantitative estimate of drug-likeness (QED) is 0.0527. The van der Waals surface area contributed by atoms with Crippen LogP contribution in [0.15, 0.2) is 0 Å². The van der Waals surface area contributed by atoms with Gasteiger partial charge in [-0.1, -0.05) is 0 Å². The SMILES string of the molecule is CC(C)[O][Sn]([CH2]CC[CH](C)[Sn]([O]C(C)C)([O]C(C)C)[O]C(C)C)([O]C(C)C)[O]C(C)C.CC(C)[O][Sn]([O]C(C)C)([O]C(C)C)[CH](C)CC[CH](C)[Sn]([O]C(C)C)([O]C(C)C)[O]C(C)C.CC[O][Sn]([O]CC)([O]CC)[CH](C)CC[CH](C)[Sn]([O]CC)([O]CC)[O]CC. The molecule has 0 aliphatic heterocycles. The minimum atomic E-state index is -3.84. The fraction of sp³-hybridized carbons (Fsp3) is 1.00. The molecular formula is C65H148O18Sn6. The van der Waals surface area contributed by atoms with E-state index in [4.69, 9.17) is 55.3 Å². The first-order chi connectivity index (χ1) is 41.1. The Morgan fingerprint density at radius 2 is 0.337 bits per heavy atom. The zero-order valence-electron chi connectivity index (χ0n) is 64.4. The van der Waals surface area contributed by atoms with E-state index in [2.05, 4.69) is 201 Å². The normalized spacial score (nSPS) is 15.3. The van der Waals surface area contributed by atoms with Gasteiger partial charge in [-0.05, 0) is 0 Å². The van der Waals surface area contributed by atoms with Gasteiger partial charge in [0.05, 0.1) is 0 Å². The Kier molecular flexibility index (Phi) is 56.0. The molecule has 5 atom stereocenters. The standard InChI is InChI=1S/2C6H12.C5H10.12C3H7O.6C2H5O.6Sn/c2*1-3-5-6-4-2;1-3-5-4-2;12*1-3(2)4;6*1-2-3;;;;;;/h2*3-4H,5-6H2,1-2H3;4H,1,3,5H2,2H3;12*3H,1-2H3;6*2H2,1H3;;;;;;/q;;;18*-1;6*+3. The van der Waals surface area contributed by atoms with E-state index in [1.807, 2.05) is 41.5 Å². The predicted octanol–water partition coefficient (Wildman–Crippen LogP) is 18.2. The summed E-state index contributed by atoms with van der Waals surface area (Å²) in [5.41, 5.74) is 0. The third-order valence-electron chi connectivity index (χ3n) is 13.1. The molecule has 0 aromatic heterocycles. The fourth-order valence-corrected chi connectivity index (χ4v) is 64.9. The van der Waals surface area contributed by atoms with Crippen LogP contribution in [0.3, 0.4) is 0 Å². The van der Waals surface area contributed by atoms with E-state index in [-0.39, 0.29) is 85.0 Å². The molecule has 89 heavy (non-hydrogen) atoms. The molecular weight excluding hydrogens is 1780 g/mol. The van der Waals surface area contributed by atoms with Crippen molar-refractivity contribution in [3.8, 4) is 0 Å². The minimum absolute atomic E-state index is 0.0688. The molecule has 0 amide bonds. The Labute approximate surface area is 584 Å². The zero-order valence-corrected chi connectivity index (χ0v) is 81.5. The molecule has 0 radical (unpaired) electrons. The van der Waals surface area contributed by atoms with E-state index < -0.39 is 118 Å².